The molecule has 2 aromatic rings. The van der Waals surface area contributed by atoms with Gasteiger partial charge in [-0.05, 0) is 24.6 Å². The third kappa shape index (κ3) is 2.36. The van der Waals surface area contributed by atoms with Crippen LogP contribution in [0.25, 0.3) is 11.4 Å². The zero-order valence-corrected chi connectivity index (χ0v) is 11.1. The predicted octanol–water partition coefficient (Wildman–Crippen LogP) is 2.55. The molecule has 2 rings (SSSR count). The van der Waals surface area contributed by atoms with Crippen molar-refractivity contribution in [1.82, 2.24) is 15.2 Å². The standard InChI is InChI=1S/C12H13ClN4O/c1-7-4-10(18-3)9(13)5-8(7)12-16-11(14-2)6-15-17-12/h4-6H,1-3H3,(H,14,16,17). The first-order valence-electron chi connectivity index (χ1n) is 5.37. The van der Waals surface area contributed by atoms with Crippen LogP contribution in [0.15, 0.2) is 18.3 Å². The monoisotopic (exact) mass is 264 g/mol. The molecule has 5 nitrogen and oxygen atoms in total. The van der Waals surface area contributed by atoms with Crippen molar-refractivity contribution < 1.29 is 4.74 Å². The minimum atomic E-state index is 0.525. The van der Waals surface area contributed by atoms with E-state index in [4.69, 9.17) is 16.3 Å². The molecule has 0 unspecified atom stereocenters. The van der Waals surface area contributed by atoms with Gasteiger partial charge in [0.25, 0.3) is 0 Å². The number of hydrogen-bond donors (Lipinski definition) is 1. The smallest absolute Gasteiger partial charge is 0.184 e. The first kappa shape index (κ1) is 12.6. The van der Waals surface area contributed by atoms with Crippen LogP contribution in [-0.2, 0) is 0 Å². The average molecular weight is 265 g/mol. The van der Waals surface area contributed by atoms with Gasteiger partial charge in [-0.3, -0.25) is 0 Å². The molecule has 94 valence electrons. The van der Waals surface area contributed by atoms with Gasteiger partial charge in [-0.15, -0.1) is 5.10 Å². The van der Waals surface area contributed by atoms with E-state index in [9.17, 15) is 0 Å². The maximum absolute atomic E-state index is 6.11. The molecule has 0 amide bonds. The summed E-state index contributed by atoms with van der Waals surface area (Å²) in [5.74, 6) is 1.82. The second-order valence-electron chi connectivity index (χ2n) is 3.72. The largest absolute Gasteiger partial charge is 0.495 e. The van der Waals surface area contributed by atoms with Crippen LogP contribution < -0.4 is 10.1 Å². The van der Waals surface area contributed by atoms with Gasteiger partial charge < -0.3 is 10.1 Å². The predicted molar refractivity (Wildman–Crippen MR) is 71.1 cm³/mol. The van der Waals surface area contributed by atoms with Crippen molar-refractivity contribution in [3.05, 3.63) is 28.9 Å². The Morgan fingerprint density at radius 1 is 1.33 bits per heavy atom. The van der Waals surface area contributed by atoms with E-state index in [1.807, 2.05) is 13.0 Å². The molecule has 0 saturated heterocycles. The fraction of sp³-hybridized carbons (Fsp3) is 0.250. The fourth-order valence-corrected chi connectivity index (χ4v) is 1.83. The van der Waals surface area contributed by atoms with Crippen LogP contribution in [0.2, 0.25) is 5.02 Å². The number of methoxy groups -OCH3 is 1. The van der Waals surface area contributed by atoms with Gasteiger partial charge in [-0.1, -0.05) is 11.6 Å². The van der Waals surface area contributed by atoms with Gasteiger partial charge in [0.2, 0.25) is 0 Å². The Labute approximate surface area is 110 Å². The summed E-state index contributed by atoms with van der Waals surface area (Å²) < 4.78 is 5.16. The van der Waals surface area contributed by atoms with Crippen LogP contribution in [-0.4, -0.2) is 29.3 Å². The van der Waals surface area contributed by atoms with E-state index >= 15 is 0 Å². The van der Waals surface area contributed by atoms with E-state index in [1.54, 1.807) is 26.4 Å². The lowest BCUT2D eigenvalue weighted by Crippen LogP contribution is -1.99. The maximum atomic E-state index is 6.11. The molecule has 0 aliphatic heterocycles. The quantitative estimate of drug-likeness (QED) is 0.923. The maximum Gasteiger partial charge on any atom is 0.184 e. The highest BCUT2D eigenvalue weighted by atomic mass is 35.5. The Morgan fingerprint density at radius 2 is 2.11 bits per heavy atom. The summed E-state index contributed by atoms with van der Waals surface area (Å²) in [5, 5.41) is 11.4. The number of nitrogens with one attached hydrogen (secondary N) is 1. The topological polar surface area (TPSA) is 59.9 Å². The summed E-state index contributed by atoms with van der Waals surface area (Å²) in [6.45, 7) is 1.95. The van der Waals surface area contributed by atoms with Crippen molar-refractivity contribution in [2.45, 2.75) is 6.92 Å². The number of aromatic nitrogens is 3. The summed E-state index contributed by atoms with van der Waals surface area (Å²) in [7, 11) is 3.36. The molecule has 1 aromatic carbocycles. The Hall–Kier alpha value is -1.88. The molecule has 0 bridgehead atoms. The van der Waals surface area contributed by atoms with E-state index in [1.165, 1.54) is 0 Å². The third-order valence-corrected chi connectivity index (χ3v) is 2.85. The molecule has 1 N–H and O–H groups in total. The van der Waals surface area contributed by atoms with Gasteiger partial charge in [0, 0.05) is 12.6 Å². The van der Waals surface area contributed by atoms with Crippen LogP contribution in [0, 0.1) is 6.92 Å². The second kappa shape index (κ2) is 5.18. The summed E-state index contributed by atoms with van der Waals surface area (Å²) in [6.07, 6.45) is 1.56. The van der Waals surface area contributed by atoms with Crippen LogP contribution in [0.4, 0.5) is 5.82 Å². The molecular formula is C12H13ClN4O. The molecule has 0 aliphatic carbocycles. The van der Waals surface area contributed by atoms with Gasteiger partial charge in [0.15, 0.2) is 5.82 Å². The van der Waals surface area contributed by atoms with Crippen LogP contribution in [0.3, 0.4) is 0 Å². The molecule has 18 heavy (non-hydrogen) atoms. The van der Waals surface area contributed by atoms with Crippen LogP contribution in [0.5, 0.6) is 5.75 Å². The van der Waals surface area contributed by atoms with Gasteiger partial charge in [-0.2, -0.15) is 5.10 Å². The Kier molecular flexibility index (Phi) is 3.62. The van der Waals surface area contributed by atoms with E-state index in [0.29, 0.717) is 22.4 Å². The zero-order chi connectivity index (χ0) is 13.1. The van der Waals surface area contributed by atoms with E-state index < -0.39 is 0 Å². The summed E-state index contributed by atoms with van der Waals surface area (Å²) in [4.78, 5) is 4.33. The lowest BCUT2D eigenvalue weighted by Gasteiger charge is -2.09. The molecule has 0 spiro atoms. The summed E-state index contributed by atoms with van der Waals surface area (Å²) >= 11 is 6.11. The second-order valence-corrected chi connectivity index (χ2v) is 4.12. The summed E-state index contributed by atoms with van der Waals surface area (Å²) in [6, 6.07) is 3.64. The number of benzene rings is 1. The molecule has 1 heterocycles. The minimum absolute atomic E-state index is 0.525. The molecule has 0 atom stereocenters. The van der Waals surface area contributed by atoms with Gasteiger partial charge in [0.05, 0.1) is 18.3 Å². The van der Waals surface area contributed by atoms with Crippen LogP contribution in [0.1, 0.15) is 5.56 Å². The van der Waals surface area contributed by atoms with Crippen molar-refractivity contribution in [1.29, 1.82) is 0 Å². The lowest BCUT2D eigenvalue weighted by atomic mass is 10.1. The van der Waals surface area contributed by atoms with E-state index in [0.717, 1.165) is 11.1 Å². The number of nitrogens with zero attached hydrogens (tertiary/aromatic N) is 3. The highest BCUT2D eigenvalue weighted by Gasteiger charge is 2.11. The van der Waals surface area contributed by atoms with Crippen molar-refractivity contribution in [2.75, 3.05) is 19.5 Å². The zero-order valence-electron chi connectivity index (χ0n) is 10.4. The molecular weight excluding hydrogens is 252 g/mol. The molecule has 0 aliphatic rings. The first-order valence-corrected chi connectivity index (χ1v) is 5.75. The van der Waals surface area contributed by atoms with Crippen molar-refractivity contribution in [3.8, 4) is 17.1 Å². The SMILES string of the molecule is CNc1cnnc(-c2cc(Cl)c(OC)cc2C)n1. The molecule has 1 aromatic heterocycles. The summed E-state index contributed by atoms with van der Waals surface area (Å²) in [5.41, 5.74) is 1.82. The molecule has 0 fully saturated rings. The number of aryl methyl sites for hydroxylation is 1. The number of rotatable bonds is 3. The molecule has 0 saturated carbocycles. The Bertz CT molecular complexity index is 574. The van der Waals surface area contributed by atoms with Crippen molar-refractivity contribution >= 4 is 17.4 Å². The number of hydrogen-bond acceptors (Lipinski definition) is 5. The van der Waals surface area contributed by atoms with E-state index in [2.05, 4.69) is 20.5 Å². The number of ether oxygens (including phenoxy) is 1. The Balaban J connectivity index is 2.53. The highest BCUT2D eigenvalue weighted by Crippen LogP contribution is 2.31. The third-order valence-electron chi connectivity index (χ3n) is 2.55. The fourth-order valence-electron chi connectivity index (χ4n) is 1.59. The first-order chi connectivity index (χ1) is 8.65. The number of halogens is 1. The normalized spacial score (nSPS) is 10.2. The van der Waals surface area contributed by atoms with E-state index in [-0.39, 0.29) is 0 Å². The Morgan fingerprint density at radius 3 is 2.78 bits per heavy atom. The molecule has 0 radical (unpaired) electrons. The average Bonchev–Trinajstić information content (AvgIpc) is 2.41. The molecule has 6 heteroatoms. The lowest BCUT2D eigenvalue weighted by molar-refractivity contribution is 0.415. The van der Waals surface area contributed by atoms with Gasteiger partial charge in [-0.25, -0.2) is 4.98 Å². The van der Waals surface area contributed by atoms with Crippen molar-refractivity contribution in [3.63, 3.8) is 0 Å². The van der Waals surface area contributed by atoms with Gasteiger partial charge in [0.1, 0.15) is 11.6 Å². The number of anilines is 1. The minimum Gasteiger partial charge on any atom is -0.495 e. The van der Waals surface area contributed by atoms with Gasteiger partial charge >= 0.3 is 0 Å². The highest BCUT2D eigenvalue weighted by molar-refractivity contribution is 6.32. The van der Waals surface area contributed by atoms with Crippen molar-refractivity contribution in [2.24, 2.45) is 0 Å². The van der Waals surface area contributed by atoms with Crippen LogP contribution >= 0.6 is 11.6 Å².